The Bertz CT molecular complexity index is 52.8. The van der Waals surface area contributed by atoms with Crippen molar-refractivity contribution in [3.8, 4) is 0 Å². The average molecular weight is 193 g/mol. The molecule has 0 atom stereocenters. The van der Waals surface area contributed by atoms with Crippen LogP contribution in [0.4, 0.5) is 0 Å². The van der Waals surface area contributed by atoms with Crippen LogP contribution >= 0.6 is 0 Å². The van der Waals surface area contributed by atoms with E-state index >= 15 is 0 Å². The van der Waals surface area contributed by atoms with Crippen molar-refractivity contribution in [2.24, 2.45) is 0 Å². The Morgan fingerprint density at radius 3 is 1.46 bits per heavy atom. The van der Waals surface area contributed by atoms with Gasteiger partial charge in [0.15, 0.2) is 0 Å². The minimum absolute atomic E-state index is 0. The summed E-state index contributed by atoms with van der Waals surface area (Å²) in [4.78, 5) is 2.29. The number of hydrogen-bond donors (Lipinski definition) is 1. The summed E-state index contributed by atoms with van der Waals surface area (Å²) in [6.45, 7) is 7.70. The van der Waals surface area contributed by atoms with Crippen LogP contribution in [0.2, 0.25) is 0 Å². The molecule has 0 saturated carbocycles. The third-order valence-electron chi connectivity index (χ3n) is 1.50. The lowest BCUT2D eigenvalue weighted by Crippen LogP contribution is -2.28. The van der Waals surface area contributed by atoms with Gasteiger partial charge in [0.25, 0.3) is 0 Å². The van der Waals surface area contributed by atoms with E-state index in [-0.39, 0.29) is 22.3 Å². The van der Waals surface area contributed by atoms with Crippen LogP contribution in [0, 0.1) is 0 Å². The number of aliphatic hydroxyl groups is 1. The Kier molecular flexibility index (Phi) is 31.7. The lowest BCUT2D eigenvalue weighted by molar-refractivity contribution is 0.196. The van der Waals surface area contributed by atoms with Crippen molar-refractivity contribution in [1.29, 1.82) is 0 Å². The van der Waals surface area contributed by atoms with E-state index in [2.05, 4.69) is 18.7 Å². The van der Waals surface area contributed by atoms with Crippen molar-refractivity contribution in [3.63, 3.8) is 0 Å². The fraction of sp³-hybridized carbons (Fsp3) is 1.00. The highest BCUT2D eigenvalue weighted by Gasteiger charge is 1.98. The topological polar surface area (TPSA) is 23.5 Å². The molecule has 0 amide bonds. The Balaban J connectivity index is -0.000000135. The molecular weight excluding hydrogens is 162 g/mol. The largest absolute Gasteiger partial charge is 0.395 e. The van der Waals surface area contributed by atoms with Gasteiger partial charge in [-0.25, -0.2) is 0 Å². The van der Waals surface area contributed by atoms with Gasteiger partial charge in [-0.1, -0.05) is 36.1 Å². The van der Waals surface area contributed by atoms with Crippen LogP contribution in [-0.4, -0.2) is 36.2 Å². The van der Waals surface area contributed by atoms with E-state index in [4.69, 9.17) is 5.11 Å². The highest BCUT2D eigenvalue weighted by atomic mass is 16.3. The molecule has 0 bridgehead atoms. The molecule has 86 valence electrons. The van der Waals surface area contributed by atoms with Gasteiger partial charge >= 0.3 is 0 Å². The van der Waals surface area contributed by atoms with Crippen LogP contribution in [0.3, 0.4) is 0 Å². The van der Waals surface area contributed by atoms with Gasteiger partial charge in [-0.05, 0) is 25.9 Å². The maximum absolute atomic E-state index is 8.65. The van der Waals surface area contributed by atoms with Gasteiger partial charge in [-0.2, -0.15) is 0 Å². The normalized spacial score (nSPS) is 8.31. The number of aliphatic hydroxyl groups excluding tert-OH is 1. The molecule has 13 heavy (non-hydrogen) atoms. The summed E-state index contributed by atoms with van der Waals surface area (Å²) >= 11 is 0. The minimum Gasteiger partial charge on any atom is -0.395 e. The molecule has 0 saturated heterocycles. The van der Waals surface area contributed by atoms with Crippen LogP contribution in [0.1, 0.15) is 49.0 Å². The Morgan fingerprint density at radius 2 is 1.23 bits per heavy atom. The third-order valence-corrected chi connectivity index (χ3v) is 1.50. The summed E-state index contributed by atoms with van der Waals surface area (Å²) in [5.41, 5.74) is 0. The number of nitrogens with zero attached hydrogens (tertiary/aromatic N) is 1. The molecule has 2 nitrogen and oxygen atoms in total. The standard InChI is InChI=1S/C8H19NO.3CH4/c1-3-5-9(6-4-2)7-8-10;;;/h10H,3-8H2,1-2H3;3*1H4. The van der Waals surface area contributed by atoms with E-state index in [0.717, 1.165) is 19.6 Å². The first kappa shape index (κ1) is 23.1. The zero-order valence-corrected chi connectivity index (χ0v) is 7.14. The highest BCUT2D eigenvalue weighted by Crippen LogP contribution is 1.91. The van der Waals surface area contributed by atoms with Crippen molar-refractivity contribution >= 4 is 0 Å². The van der Waals surface area contributed by atoms with Crippen LogP contribution in [-0.2, 0) is 0 Å². The highest BCUT2D eigenvalue weighted by molar-refractivity contribution is 4.53. The Morgan fingerprint density at radius 1 is 0.846 bits per heavy atom. The second-order valence-electron chi connectivity index (χ2n) is 2.57. The fourth-order valence-electron chi connectivity index (χ4n) is 1.11. The SMILES string of the molecule is C.C.C.CCCN(CCC)CCO. The Labute approximate surface area is 86.0 Å². The second kappa shape index (κ2) is 17.9. The molecule has 0 spiro atoms. The second-order valence-corrected chi connectivity index (χ2v) is 2.57. The monoisotopic (exact) mass is 193 g/mol. The molecule has 0 aromatic carbocycles. The summed E-state index contributed by atoms with van der Waals surface area (Å²) < 4.78 is 0. The van der Waals surface area contributed by atoms with Gasteiger partial charge in [-0.3, -0.25) is 0 Å². The zero-order valence-electron chi connectivity index (χ0n) is 7.14. The van der Waals surface area contributed by atoms with E-state index in [0.29, 0.717) is 6.61 Å². The van der Waals surface area contributed by atoms with Crippen molar-refractivity contribution in [3.05, 3.63) is 0 Å². The van der Waals surface area contributed by atoms with Crippen molar-refractivity contribution < 1.29 is 5.11 Å². The van der Waals surface area contributed by atoms with Gasteiger partial charge in [0.2, 0.25) is 0 Å². The van der Waals surface area contributed by atoms with Crippen molar-refractivity contribution in [2.75, 3.05) is 26.2 Å². The van der Waals surface area contributed by atoms with E-state index < -0.39 is 0 Å². The first-order valence-corrected chi connectivity index (χ1v) is 4.18. The summed E-state index contributed by atoms with van der Waals surface area (Å²) in [6, 6.07) is 0. The first-order valence-electron chi connectivity index (χ1n) is 4.18. The zero-order chi connectivity index (χ0) is 7.82. The van der Waals surface area contributed by atoms with Crippen molar-refractivity contribution in [2.45, 2.75) is 49.0 Å². The molecular formula is C11H31NO. The summed E-state index contributed by atoms with van der Waals surface area (Å²) in [5, 5.41) is 8.65. The predicted molar refractivity (Wildman–Crippen MR) is 64.3 cm³/mol. The molecule has 0 radical (unpaired) electrons. The number of hydrogen-bond acceptors (Lipinski definition) is 2. The smallest absolute Gasteiger partial charge is 0.0558 e. The Hall–Kier alpha value is -0.0800. The average Bonchev–Trinajstić information content (AvgIpc) is 1.90. The molecule has 0 rings (SSSR count). The first-order chi connectivity index (χ1) is 4.85. The molecule has 0 aromatic rings. The van der Waals surface area contributed by atoms with E-state index in [1.807, 2.05) is 0 Å². The lowest BCUT2D eigenvalue weighted by atomic mass is 10.3. The van der Waals surface area contributed by atoms with Crippen molar-refractivity contribution in [1.82, 2.24) is 4.90 Å². The summed E-state index contributed by atoms with van der Waals surface area (Å²) in [5.74, 6) is 0. The molecule has 2 heteroatoms. The molecule has 0 unspecified atom stereocenters. The van der Waals surface area contributed by atoms with Gasteiger partial charge in [0.1, 0.15) is 0 Å². The molecule has 0 aromatic heterocycles. The van der Waals surface area contributed by atoms with Crippen LogP contribution in [0.15, 0.2) is 0 Å². The molecule has 0 aliphatic carbocycles. The molecule has 0 fully saturated rings. The van der Waals surface area contributed by atoms with Crippen LogP contribution in [0.5, 0.6) is 0 Å². The summed E-state index contributed by atoms with van der Waals surface area (Å²) in [7, 11) is 0. The van der Waals surface area contributed by atoms with Gasteiger partial charge < -0.3 is 10.0 Å². The third kappa shape index (κ3) is 14.7. The van der Waals surface area contributed by atoms with Crippen LogP contribution in [0.25, 0.3) is 0 Å². The maximum Gasteiger partial charge on any atom is 0.0558 e. The van der Waals surface area contributed by atoms with Gasteiger partial charge in [0, 0.05) is 6.54 Å². The van der Waals surface area contributed by atoms with Gasteiger partial charge in [0.05, 0.1) is 6.61 Å². The number of rotatable bonds is 6. The maximum atomic E-state index is 8.65. The van der Waals surface area contributed by atoms with E-state index in [1.54, 1.807) is 0 Å². The molecule has 0 heterocycles. The molecule has 0 aliphatic heterocycles. The summed E-state index contributed by atoms with van der Waals surface area (Å²) in [6.07, 6.45) is 2.36. The lowest BCUT2D eigenvalue weighted by Gasteiger charge is -2.18. The molecule has 0 aliphatic rings. The van der Waals surface area contributed by atoms with Crippen LogP contribution < -0.4 is 0 Å². The quantitative estimate of drug-likeness (QED) is 0.701. The predicted octanol–water partition coefficient (Wildman–Crippen LogP) is 3.01. The van der Waals surface area contributed by atoms with E-state index in [1.165, 1.54) is 12.8 Å². The van der Waals surface area contributed by atoms with Gasteiger partial charge in [-0.15, -0.1) is 0 Å². The minimum atomic E-state index is 0. The molecule has 1 N–H and O–H groups in total. The fourth-order valence-corrected chi connectivity index (χ4v) is 1.11. The van der Waals surface area contributed by atoms with E-state index in [9.17, 15) is 0 Å².